The molecule has 6 heteroatoms. The number of carbonyl (C=O) groups is 1. The first-order chi connectivity index (χ1) is 17.5. The van der Waals surface area contributed by atoms with Gasteiger partial charge in [0.1, 0.15) is 17.2 Å². The maximum atomic E-state index is 12.6. The lowest BCUT2D eigenvalue weighted by atomic mass is 10.0. The van der Waals surface area contributed by atoms with Crippen molar-refractivity contribution >= 4 is 30.1 Å². The lowest BCUT2D eigenvalue weighted by Crippen LogP contribution is -1.94. The van der Waals surface area contributed by atoms with E-state index in [1.807, 2.05) is 48.6 Å². The Labute approximate surface area is 212 Å². The van der Waals surface area contributed by atoms with Crippen molar-refractivity contribution in [3.8, 4) is 28.7 Å². The van der Waals surface area contributed by atoms with Crippen molar-refractivity contribution < 1.29 is 28.5 Å². The maximum absolute atomic E-state index is 12.6. The van der Waals surface area contributed by atoms with Crippen LogP contribution in [-0.4, -0.2) is 41.3 Å². The van der Waals surface area contributed by atoms with Gasteiger partial charge in [-0.15, -0.1) is 0 Å². The van der Waals surface area contributed by atoms with Crippen LogP contribution in [0.5, 0.6) is 28.7 Å². The highest BCUT2D eigenvalue weighted by Crippen LogP contribution is 2.32. The number of ether oxygens (including phenoxy) is 5. The Balaban J connectivity index is 1.87. The third-order valence-corrected chi connectivity index (χ3v) is 5.44. The van der Waals surface area contributed by atoms with E-state index in [-0.39, 0.29) is 5.78 Å². The number of allylic oxidation sites excluding steroid dienone is 2. The number of ketones is 1. The number of hydrogen-bond donors (Lipinski definition) is 0. The van der Waals surface area contributed by atoms with Crippen molar-refractivity contribution in [1.82, 2.24) is 0 Å². The van der Waals surface area contributed by atoms with Crippen LogP contribution in [0, 0.1) is 0 Å². The predicted octanol–water partition coefficient (Wildman–Crippen LogP) is 6.20. The van der Waals surface area contributed by atoms with Crippen molar-refractivity contribution in [1.29, 1.82) is 0 Å². The molecule has 0 amide bonds. The fraction of sp³-hybridized carbons (Fsp3) is 0.167. The summed E-state index contributed by atoms with van der Waals surface area (Å²) in [6.07, 6.45) is 10.4. The van der Waals surface area contributed by atoms with Gasteiger partial charge in [0.05, 0.1) is 35.5 Å². The molecule has 186 valence electrons. The molecule has 3 rings (SSSR count). The second-order valence-corrected chi connectivity index (χ2v) is 7.62. The van der Waals surface area contributed by atoms with E-state index in [1.54, 1.807) is 65.9 Å². The molecule has 0 aromatic heterocycles. The highest BCUT2D eigenvalue weighted by Gasteiger charge is 2.09. The molecule has 0 atom stereocenters. The van der Waals surface area contributed by atoms with Crippen molar-refractivity contribution in [2.45, 2.75) is 0 Å². The number of benzene rings is 3. The van der Waals surface area contributed by atoms with Gasteiger partial charge < -0.3 is 23.7 Å². The van der Waals surface area contributed by atoms with Gasteiger partial charge in [-0.25, -0.2) is 0 Å². The first kappa shape index (κ1) is 26.2. The van der Waals surface area contributed by atoms with Crippen LogP contribution in [0.1, 0.15) is 22.3 Å². The Kier molecular flexibility index (Phi) is 9.34. The van der Waals surface area contributed by atoms with Crippen LogP contribution in [-0.2, 0) is 4.79 Å². The van der Waals surface area contributed by atoms with E-state index < -0.39 is 0 Å². The van der Waals surface area contributed by atoms with E-state index in [2.05, 4.69) is 0 Å². The molecule has 3 aromatic carbocycles. The van der Waals surface area contributed by atoms with Crippen LogP contribution in [0.2, 0.25) is 0 Å². The van der Waals surface area contributed by atoms with Gasteiger partial charge >= 0.3 is 0 Å². The summed E-state index contributed by atoms with van der Waals surface area (Å²) in [5.74, 6) is 3.09. The minimum absolute atomic E-state index is 0.173. The molecule has 3 aromatic rings. The monoisotopic (exact) mass is 486 g/mol. The fourth-order valence-electron chi connectivity index (χ4n) is 3.48. The van der Waals surface area contributed by atoms with Crippen LogP contribution in [0.4, 0.5) is 0 Å². The summed E-state index contributed by atoms with van der Waals surface area (Å²) in [5.41, 5.74) is 3.42. The number of hydrogen-bond acceptors (Lipinski definition) is 6. The molecule has 0 unspecified atom stereocenters. The Morgan fingerprint density at radius 1 is 0.556 bits per heavy atom. The summed E-state index contributed by atoms with van der Waals surface area (Å²) in [6, 6.07) is 16.9. The summed E-state index contributed by atoms with van der Waals surface area (Å²) in [7, 11) is 7.97. The van der Waals surface area contributed by atoms with Crippen LogP contribution in [0.3, 0.4) is 0 Å². The molecular weight excluding hydrogens is 456 g/mol. The summed E-state index contributed by atoms with van der Waals surface area (Å²) in [5, 5.41) is 0. The Morgan fingerprint density at radius 2 is 1.19 bits per heavy atom. The summed E-state index contributed by atoms with van der Waals surface area (Å²) >= 11 is 0. The van der Waals surface area contributed by atoms with E-state index in [4.69, 9.17) is 23.7 Å². The molecule has 36 heavy (non-hydrogen) atoms. The van der Waals surface area contributed by atoms with Crippen molar-refractivity contribution in [2.24, 2.45) is 0 Å². The Morgan fingerprint density at radius 3 is 1.83 bits per heavy atom. The average molecular weight is 487 g/mol. The van der Waals surface area contributed by atoms with Crippen LogP contribution < -0.4 is 23.7 Å². The molecular formula is C30H30O6. The van der Waals surface area contributed by atoms with Gasteiger partial charge in [-0.3, -0.25) is 4.79 Å². The van der Waals surface area contributed by atoms with Crippen LogP contribution in [0.25, 0.3) is 24.3 Å². The highest BCUT2D eigenvalue weighted by atomic mass is 16.5. The molecule has 0 radical (unpaired) electrons. The summed E-state index contributed by atoms with van der Waals surface area (Å²) in [4.78, 5) is 12.6. The molecule has 0 saturated carbocycles. The van der Waals surface area contributed by atoms with E-state index in [1.165, 1.54) is 12.2 Å². The topological polar surface area (TPSA) is 63.2 Å². The molecule has 6 nitrogen and oxygen atoms in total. The van der Waals surface area contributed by atoms with Gasteiger partial charge in [-0.2, -0.15) is 0 Å². The minimum atomic E-state index is -0.173. The molecule has 0 spiro atoms. The third kappa shape index (κ3) is 6.79. The van der Waals surface area contributed by atoms with E-state index in [9.17, 15) is 4.79 Å². The zero-order valence-corrected chi connectivity index (χ0v) is 21.1. The van der Waals surface area contributed by atoms with Crippen LogP contribution in [0.15, 0.2) is 66.7 Å². The molecule has 0 aliphatic carbocycles. The van der Waals surface area contributed by atoms with E-state index >= 15 is 0 Å². The first-order valence-corrected chi connectivity index (χ1v) is 11.2. The van der Waals surface area contributed by atoms with E-state index in [0.717, 1.165) is 28.0 Å². The quantitative estimate of drug-likeness (QED) is 0.238. The van der Waals surface area contributed by atoms with Gasteiger partial charge in [0, 0.05) is 11.6 Å². The molecule has 0 N–H and O–H groups in total. The van der Waals surface area contributed by atoms with E-state index in [0.29, 0.717) is 23.0 Å². The lowest BCUT2D eigenvalue weighted by molar-refractivity contribution is -0.110. The SMILES string of the molecule is COc1ccc(/C=C/c2cc(OC)cc(OC)c2/C=C/C(=O)/C=C/c2ccc(OC)c(OC)c2)cc1. The molecule has 0 heterocycles. The van der Waals surface area contributed by atoms with Crippen molar-refractivity contribution in [2.75, 3.05) is 35.5 Å². The van der Waals surface area contributed by atoms with Gasteiger partial charge in [0.2, 0.25) is 0 Å². The Hall–Kier alpha value is -4.45. The van der Waals surface area contributed by atoms with Crippen molar-refractivity contribution in [3.63, 3.8) is 0 Å². The van der Waals surface area contributed by atoms with Gasteiger partial charge in [0.25, 0.3) is 0 Å². The largest absolute Gasteiger partial charge is 0.497 e. The average Bonchev–Trinajstić information content (AvgIpc) is 2.93. The standard InChI is InChI=1S/C30H30O6/c1-32-25-14-8-21(9-15-25)6-11-23-19-26(33-2)20-29(35-4)27(23)16-13-24(31)12-7-22-10-17-28(34-3)30(18-22)36-5/h6-20H,1-5H3/b11-6+,12-7+,16-13+. The lowest BCUT2D eigenvalue weighted by Gasteiger charge is -2.11. The summed E-state index contributed by atoms with van der Waals surface area (Å²) in [6.45, 7) is 0. The molecule has 0 fully saturated rings. The molecule has 0 saturated heterocycles. The zero-order chi connectivity index (χ0) is 25.9. The van der Waals surface area contributed by atoms with Crippen LogP contribution >= 0.6 is 0 Å². The maximum Gasteiger partial charge on any atom is 0.178 e. The molecule has 0 bridgehead atoms. The van der Waals surface area contributed by atoms with Crippen molar-refractivity contribution in [3.05, 3.63) is 89.0 Å². The second-order valence-electron chi connectivity index (χ2n) is 7.62. The Bertz CT molecular complexity index is 1270. The second kappa shape index (κ2) is 12.9. The predicted molar refractivity (Wildman–Crippen MR) is 144 cm³/mol. The molecule has 0 aliphatic rings. The highest BCUT2D eigenvalue weighted by molar-refractivity contribution is 6.05. The summed E-state index contributed by atoms with van der Waals surface area (Å²) < 4.78 is 26.8. The number of methoxy groups -OCH3 is 5. The normalized spacial score (nSPS) is 11.2. The smallest absolute Gasteiger partial charge is 0.178 e. The minimum Gasteiger partial charge on any atom is -0.497 e. The zero-order valence-electron chi connectivity index (χ0n) is 21.1. The van der Waals surface area contributed by atoms with Gasteiger partial charge in [-0.05, 0) is 65.3 Å². The number of rotatable bonds is 11. The van der Waals surface area contributed by atoms with Gasteiger partial charge in [0.15, 0.2) is 17.3 Å². The number of carbonyl (C=O) groups excluding carboxylic acids is 1. The fourth-order valence-corrected chi connectivity index (χ4v) is 3.48. The van der Waals surface area contributed by atoms with Gasteiger partial charge in [-0.1, -0.05) is 36.4 Å². The molecule has 0 aliphatic heterocycles. The third-order valence-electron chi connectivity index (χ3n) is 5.44. The first-order valence-electron chi connectivity index (χ1n) is 11.2.